The molecule has 0 bridgehead atoms. The van der Waals surface area contributed by atoms with Gasteiger partial charge in [0.15, 0.2) is 11.9 Å². The number of ether oxygens (including phenoxy) is 7. The van der Waals surface area contributed by atoms with Crippen molar-refractivity contribution in [2.24, 2.45) is 29.1 Å². The molecule has 0 aromatic heterocycles. The van der Waals surface area contributed by atoms with E-state index >= 15 is 0 Å². The van der Waals surface area contributed by atoms with Crippen LogP contribution in [0.25, 0.3) is 0 Å². The molecule has 2 heterocycles. The first-order chi connectivity index (χ1) is 40.8. The summed E-state index contributed by atoms with van der Waals surface area (Å²) in [6.45, 7) is 18.5. The molecule has 21 nitrogen and oxygen atoms in total. The van der Waals surface area contributed by atoms with Gasteiger partial charge >= 0.3 is 11.9 Å². The maximum Gasteiger partial charge on any atom is 0.347 e. The van der Waals surface area contributed by atoms with E-state index in [1.165, 1.54) is 18.0 Å². The van der Waals surface area contributed by atoms with Crippen LogP contribution in [0.1, 0.15) is 129 Å². The van der Waals surface area contributed by atoms with Crippen LogP contribution in [0.5, 0.6) is 0 Å². The van der Waals surface area contributed by atoms with E-state index in [-0.39, 0.29) is 132 Å². The Bertz CT molecular complexity index is 2590. The highest BCUT2D eigenvalue weighted by Crippen LogP contribution is 2.45. The number of halogens is 1. The van der Waals surface area contributed by atoms with Crippen LogP contribution in [0, 0.1) is 36.0 Å². The Hall–Kier alpha value is -6.10. The number of esters is 2. The molecule has 2 aromatic carbocycles. The van der Waals surface area contributed by atoms with Gasteiger partial charge in [0, 0.05) is 89.2 Å². The number of amides is 5. The zero-order valence-electron chi connectivity index (χ0n) is 52.3. The average molecular weight is 1220 g/mol. The number of rotatable bonds is 34. The van der Waals surface area contributed by atoms with E-state index in [9.17, 15) is 43.2 Å². The summed E-state index contributed by atoms with van der Waals surface area (Å²) in [6, 6.07) is 11.2. The van der Waals surface area contributed by atoms with Crippen molar-refractivity contribution in [1.82, 2.24) is 26.2 Å². The lowest BCUT2D eigenvalue weighted by atomic mass is 9.89. The maximum absolute atomic E-state index is 14.0. The molecule has 0 radical (unpaired) electrons. The fraction of sp³-hybridized carbons (Fsp3) is 0.641. The molecule has 478 valence electrons. The number of benzene rings is 2. The van der Waals surface area contributed by atoms with Crippen LogP contribution in [-0.4, -0.2) is 168 Å². The molecule has 4 rings (SSSR count). The maximum atomic E-state index is 14.0. The van der Waals surface area contributed by atoms with Gasteiger partial charge in [-0.1, -0.05) is 95.6 Å². The van der Waals surface area contributed by atoms with Crippen LogP contribution in [-0.2, 0) is 89.2 Å². The molecular formula is C64H94ClN5O16. The van der Waals surface area contributed by atoms with Gasteiger partial charge in [0.25, 0.3) is 0 Å². The molecule has 2 aliphatic heterocycles. The van der Waals surface area contributed by atoms with Gasteiger partial charge in [-0.25, -0.2) is 4.79 Å². The quantitative estimate of drug-likeness (QED) is 0.0350. The average Bonchev–Trinajstić information content (AvgIpc) is 2.08. The molecule has 4 N–H and O–H groups in total. The minimum Gasteiger partial charge on any atom is -0.459 e. The number of nitrogens with one attached hydrogen (secondary N) is 4. The van der Waals surface area contributed by atoms with Crippen LogP contribution in [0.2, 0.25) is 5.02 Å². The van der Waals surface area contributed by atoms with E-state index in [1.54, 1.807) is 40.0 Å². The van der Waals surface area contributed by atoms with Crippen molar-refractivity contribution in [2.75, 3.05) is 80.0 Å². The second-order valence-corrected chi connectivity index (χ2v) is 24.1. The first-order valence-electron chi connectivity index (χ1n) is 30.0. The Kier molecular flexibility index (Phi) is 31.1. The predicted molar refractivity (Wildman–Crippen MR) is 323 cm³/mol. The minimum atomic E-state index is -1.26. The Morgan fingerprint density at radius 2 is 1.42 bits per heavy atom. The van der Waals surface area contributed by atoms with Gasteiger partial charge in [0.1, 0.15) is 24.0 Å². The van der Waals surface area contributed by atoms with E-state index in [0.717, 1.165) is 22.3 Å². The SMILES string of the molecule is CNC(=O)CCN(CCC(=O)N[C@H](C(=O)C[C@@H](C)C(=O)CCc1ccc([C@H]2O[C@@H]2[C@@H](C)[C@@H]2C/C=C/C(=O)N[C@H](Cc3ccc(C)c(Cl)c3)C(=O)NCC(C)(C)C(=O)O[C@@H](CC(C)C)C(=O)O2)cc1)C(C)C)C(=O)CCOCCOCCOCCOC. The van der Waals surface area contributed by atoms with Gasteiger partial charge in [-0.3, -0.25) is 38.4 Å². The largest absolute Gasteiger partial charge is 0.459 e. The Balaban J connectivity index is 1.32. The first kappa shape index (κ1) is 72.4. The number of aryl methyl sites for hydroxylation is 2. The topological polar surface area (TPSA) is 273 Å². The highest BCUT2D eigenvalue weighted by atomic mass is 35.5. The number of nitrogens with zero attached hydrogens (tertiary/aromatic N) is 1. The van der Waals surface area contributed by atoms with Crippen molar-refractivity contribution in [1.29, 1.82) is 0 Å². The molecule has 1 saturated heterocycles. The molecule has 0 saturated carbocycles. The summed E-state index contributed by atoms with van der Waals surface area (Å²) >= 11 is 6.40. The van der Waals surface area contributed by atoms with Crippen LogP contribution in [0.3, 0.4) is 0 Å². The Labute approximate surface area is 512 Å². The van der Waals surface area contributed by atoms with Crippen LogP contribution in [0.15, 0.2) is 54.6 Å². The fourth-order valence-electron chi connectivity index (χ4n) is 9.50. The third-order valence-electron chi connectivity index (χ3n) is 15.1. The fourth-order valence-corrected chi connectivity index (χ4v) is 9.71. The number of cyclic esters (lactones) is 2. The van der Waals surface area contributed by atoms with E-state index in [0.29, 0.717) is 44.5 Å². The summed E-state index contributed by atoms with van der Waals surface area (Å²) in [5.74, 6) is -5.24. The van der Waals surface area contributed by atoms with Crippen LogP contribution >= 0.6 is 11.6 Å². The third-order valence-corrected chi connectivity index (χ3v) is 15.5. The lowest BCUT2D eigenvalue weighted by Crippen LogP contribution is -2.51. The molecule has 22 heteroatoms. The highest BCUT2D eigenvalue weighted by Gasteiger charge is 2.48. The number of carbonyl (C=O) groups is 9. The Morgan fingerprint density at radius 3 is 2.03 bits per heavy atom. The summed E-state index contributed by atoms with van der Waals surface area (Å²) in [5, 5.41) is 11.5. The molecule has 0 unspecified atom stereocenters. The molecular weight excluding hydrogens is 1130 g/mol. The van der Waals surface area contributed by atoms with Crippen LogP contribution in [0.4, 0.5) is 0 Å². The molecule has 0 aliphatic carbocycles. The van der Waals surface area contributed by atoms with Gasteiger partial charge < -0.3 is 59.3 Å². The summed E-state index contributed by atoms with van der Waals surface area (Å²) in [7, 11) is 3.10. The number of carbonyl (C=O) groups excluding carboxylic acids is 9. The van der Waals surface area contributed by atoms with Crippen molar-refractivity contribution in [3.8, 4) is 0 Å². The van der Waals surface area contributed by atoms with Crippen molar-refractivity contribution < 1.29 is 76.3 Å². The van der Waals surface area contributed by atoms with Crippen molar-refractivity contribution in [2.45, 2.75) is 157 Å². The molecule has 2 aliphatic rings. The lowest BCUT2D eigenvalue weighted by Gasteiger charge is -2.29. The molecule has 5 amide bonds. The van der Waals surface area contributed by atoms with Gasteiger partial charge in [0.05, 0.1) is 70.2 Å². The summed E-state index contributed by atoms with van der Waals surface area (Å²) in [4.78, 5) is 122. The standard InChI is InChI=1S/C64H94ClN5O16/c1-40(2)35-53-62(78)84-52(13-12-14-55(74)68-49(38-46-16-15-42(5)48(65)37-46)61(77)67-39-64(8,9)63(79)85-53)44(7)59-60(86-59)47-20-17-45(18-21-47)19-22-50(71)43(6)36-51(72)58(41(3)4)69-56(75)24-27-70(26-23-54(73)66-10)57(76)25-28-81-31-32-83-34-33-82-30-29-80-11/h12,14-18,20-21,37,40-41,43-44,49,52-53,58-60H,13,19,22-36,38-39H2,1-11H3,(H,66,73)(H,67,77)(H,68,74)(H,69,75)/b14-12+/t43-,44+,49-,52+,53+,58+,59-,60-/m1/s1. The van der Waals surface area contributed by atoms with E-state index < -0.39 is 71.2 Å². The highest BCUT2D eigenvalue weighted by molar-refractivity contribution is 6.31. The van der Waals surface area contributed by atoms with E-state index in [4.69, 9.17) is 44.8 Å². The molecule has 8 atom stereocenters. The monoisotopic (exact) mass is 1220 g/mol. The zero-order valence-corrected chi connectivity index (χ0v) is 53.0. The van der Waals surface area contributed by atoms with Gasteiger partial charge in [0.2, 0.25) is 29.5 Å². The molecule has 0 spiro atoms. The third kappa shape index (κ3) is 25.3. The second kappa shape index (κ2) is 36.9. The number of ketones is 2. The molecule has 2 aromatic rings. The normalized spacial score (nSPS) is 20.6. The van der Waals surface area contributed by atoms with Crippen molar-refractivity contribution >= 4 is 64.6 Å². The minimum absolute atomic E-state index is 0.0197. The Morgan fingerprint density at radius 1 is 0.791 bits per heavy atom. The van der Waals surface area contributed by atoms with Gasteiger partial charge in [-0.15, -0.1) is 0 Å². The second-order valence-electron chi connectivity index (χ2n) is 23.7. The summed E-state index contributed by atoms with van der Waals surface area (Å²) < 4.78 is 39.6. The number of Topliss-reactive ketones (excluding diaryl/α,β-unsaturated/α-hetero) is 2. The summed E-state index contributed by atoms with van der Waals surface area (Å²) in [6.07, 6.45) is 0.978. The van der Waals surface area contributed by atoms with Gasteiger partial charge in [-0.2, -0.15) is 0 Å². The van der Waals surface area contributed by atoms with E-state index in [2.05, 4.69) is 21.3 Å². The number of epoxide rings is 1. The molecule has 86 heavy (non-hydrogen) atoms. The van der Waals surface area contributed by atoms with Crippen molar-refractivity contribution in [3.63, 3.8) is 0 Å². The summed E-state index contributed by atoms with van der Waals surface area (Å²) in [5.41, 5.74) is 2.07. The predicted octanol–water partition coefficient (Wildman–Crippen LogP) is 6.10. The number of hydrogen-bond acceptors (Lipinski definition) is 16. The van der Waals surface area contributed by atoms with E-state index in [1.807, 2.05) is 77.9 Å². The zero-order chi connectivity index (χ0) is 63.5. The first-order valence-corrected chi connectivity index (χ1v) is 30.4. The van der Waals surface area contributed by atoms with Gasteiger partial charge in [-0.05, 0) is 79.8 Å². The smallest absolute Gasteiger partial charge is 0.347 e. The lowest BCUT2D eigenvalue weighted by molar-refractivity contribution is -0.179. The van der Waals surface area contributed by atoms with Crippen LogP contribution < -0.4 is 21.3 Å². The number of methoxy groups -OCH3 is 1. The van der Waals surface area contributed by atoms with Crippen molar-refractivity contribution in [3.05, 3.63) is 81.9 Å². The molecule has 1 fully saturated rings. The number of hydrogen-bond donors (Lipinski definition) is 4.